The van der Waals surface area contributed by atoms with E-state index in [9.17, 15) is 22.4 Å². The van der Waals surface area contributed by atoms with Crippen molar-refractivity contribution in [2.75, 3.05) is 18.4 Å². The first kappa shape index (κ1) is 23.6. The maximum absolute atomic E-state index is 14.3. The van der Waals surface area contributed by atoms with E-state index in [2.05, 4.69) is 25.5 Å². The Labute approximate surface area is 193 Å². The summed E-state index contributed by atoms with van der Waals surface area (Å²) in [5.74, 6) is -0.639. The largest absolute Gasteiger partial charge is 0.419 e. The second kappa shape index (κ2) is 9.35. The Balaban J connectivity index is 1.58. The molecule has 1 aliphatic rings. The maximum atomic E-state index is 14.3. The van der Waals surface area contributed by atoms with Gasteiger partial charge in [-0.25, -0.2) is 14.4 Å². The number of rotatable bonds is 5. The van der Waals surface area contributed by atoms with Crippen LogP contribution in [0.4, 0.5) is 23.5 Å². The zero-order valence-electron chi connectivity index (χ0n) is 18.6. The first-order chi connectivity index (χ1) is 16.2. The number of anilines is 1. The summed E-state index contributed by atoms with van der Waals surface area (Å²) in [5, 5.41) is 11.1. The fourth-order valence-corrected chi connectivity index (χ4v) is 4.17. The Morgan fingerprint density at radius 1 is 1.18 bits per heavy atom. The standard InChI is InChI=1S/C22H23F4N7O/c1-13-4-3-9-32(18(13)12-29-21-27-10-15(11-28-21)22(24,25)26)20(34)16-5-6-17(23)14(2)19(16)33-30-7-8-31-33/h5-8,10-11,13,18H,3-4,9,12H2,1-2H3,(H,27,28,29)/t13-,18?/m1/s1. The number of amides is 1. The molecule has 0 saturated carbocycles. The molecule has 12 heteroatoms. The molecule has 3 heterocycles. The number of carbonyl (C=O) groups excluding carboxylic acids is 1. The number of carbonyl (C=O) groups is 1. The summed E-state index contributed by atoms with van der Waals surface area (Å²) in [6.45, 7) is 4.29. The highest BCUT2D eigenvalue weighted by atomic mass is 19.4. The highest BCUT2D eigenvalue weighted by Crippen LogP contribution is 2.30. The van der Waals surface area contributed by atoms with E-state index < -0.39 is 17.6 Å². The van der Waals surface area contributed by atoms with Crippen LogP contribution >= 0.6 is 0 Å². The van der Waals surface area contributed by atoms with Crippen molar-refractivity contribution in [1.82, 2.24) is 29.9 Å². The number of piperidine rings is 1. The van der Waals surface area contributed by atoms with Crippen molar-refractivity contribution >= 4 is 11.9 Å². The number of halogens is 4. The van der Waals surface area contributed by atoms with Gasteiger partial charge >= 0.3 is 6.18 Å². The molecule has 1 fully saturated rings. The van der Waals surface area contributed by atoms with Crippen molar-refractivity contribution in [1.29, 1.82) is 0 Å². The minimum Gasteiger partial charge on any atom is -0.352 e. The lowest BCUT2D eigenvalue weighted by Gasteiger charge is -2.40. The van der Waals surface area contributed by atoms with E-state index in [1.54, 1.807) is 11.8 Å². The number of nitrogens with zero attached hydrogens (tertiary/aromatic N) is 6. The minimum absolute atomic E-state index is 0.0391. The topological polar surface area (TPSA) is 88.8 Å². The highest BCUT2D eigenvalue weighted by Gasteiger charge is 2.35. The van der Waals surface area contributed by atoms with Crippen LogP contribution in [0.25, 0.3) is 5.69 Å². The predicted molar refractivity (Wildman–Crippen MR) is 115 cm³/mol. The van der Waals surface area contributed by atoms with Gasteiger partial charge in [0.05, 0.1) is 29.6 Å². The third-order valence-electron chi connectivity index (χ3n) is 6.04. The summed E-state index contributed by atoms with van der Waals surface area (Å²) in [5.41, 5.74) is -0.154. The fourth-order valence-electron chi connectivity index (χ4n) is 4.17. The van der Waals surface area contributed by atoms with Crippen molar-refractivity contribution in [2.24, 2.45) is 5.92 Å². The van der Waals surface area contributed by atoms with Gasteiger partial charge in [0.1, 0.15) is 11.5 Å². The van der Waals surface area contributed by atoms with Crippen molar-refractivity contribution in [2.45, 2.75) is 38.9 Å². The van der Waals surface area contributed by atoms with E-state index in [0.717, 1.165) is 12.8 Å². The van der Waals surface area contributed by atoms with Gasteiger partial charge in [-0.1, -0.05) is 6.92 Å². The molecule has 1 unspecified atom stereocenters. The number of hydrogen-bond donors (Lipinski definition) is 1. The fraction of sp³-hybridized carbons (Fsp3) is 0.409. The molecule has 34 heavy (non-hydrogen) atoms. The molecule has 3 aromatic rings. The van der Waals surface area contributed by atoms with E-state index in [1.807, 2.05) is 6.92 Å². The first-order valence-corrected chi connectivity index (χ1v) is 10.8. The van der Waals surface area contributed by atoms with Gasteiger partial charge in [-0.3, -0.25) is 4.79 Å². The van der Waals surface area contributed by atoms with Crippen LogP contribution in [0.5, 0.6) is 0 Å². The summed E-state index contributed by atoms with van der Waals surface area (Å²) in [7, 11) is 0. The van der Waals surface area contributed by atoms with E-state index in [-0.39, 0.29) is 47.2 Å². The van der Waals surface area contributed by atoms with E-state index in [0.29, 0.717) is 18.9 Å². The molecule has 1 saturated heterocycles. The van der Waals surface area contributed by atoms with E-state index in [4.69, 9.17) is 0 Å². The molecule has 1 aromatic carbocycles. The Morgan fingerprint density at radius 2 is 1.85 bits per heavy atom. The summed E-state index contributed by atoms with van der Waals surface area (Å²) in [6, 6.07) is 2.38. The maximum Gasteiger partial charge on any atom is 0.419 e. The second-order valence-electron chi connectivity index (χ2n) is 8.25. The normalized spacial score (nSPS) is 18.7. The van der Waals surface area contributed by atoms with Crippen molar-refractivity contribution in [3.63, 3.8) is 0 Å². The zero-order valence-corrected chi connectivity index (χ0v) is 18.6. The van der Waals surface area contributed by atoms with E-state index >= 15 is 0 Å². The Hall–Kier alpha value is -3.57. The molecule has 0 aliphatic carbocycles. The van der Waals surface area contributed by atoms with Crippen LogP contribution in [0, 0.1) is 18.7 Å². The summed E-state index contributed by atoms with van der Waals surface area (Å²) < 4.78 is 52.6. The van der Waals surface area contributed by atoms with Gasteiger partial charge in [-0.2, -0.15) is 28.2 Å². The zero-order chi connectivity index (χ0) is 24.5. The van der Waals surface area contributed by atoms with Crippen LogP contribution in [0.15, 0.2) is 36.9 Å². The summed E-state index contributed by atoms with van der Waals surface area (Å²) in [4.78, 5) is 24.1. The van der Waals surface area contributed by atoms with E-state index in [1.165, 1.54) is 29.3 Å². The van der Waals surface area contributed by atoms with Gasteiger partial charge in [0, 0.05) is 31.0 Å². The Kier molecular flexibility index (Phi) is 6.49. The Morgan fingerprint density at radius 3 is 2.50 bits per heavy atom. The lowest BCUT2D eigenvalue weighted by atomic mass is 9.89. The molecule has 0 bridgehead atoms. The molecule has 180 valence electrons. The second-order valence-corrected chi connectivity index (χ2v) is 8.25. The Bertz CT molecular complexity index is 1150. The summed E-state index contributed by atoms with van der Waals surface area (Å²) >= 11 is 0. The average Bonchev–Trinajstić information content (AvgIpc) is 3.33. The number of nitrogens with one attached hydrogen (secondary N) is 1. The van der Waals surface area contributed by atoms with Crippen LogP contribution in [-0.2, 0) is 6.18 Å². The van der Waals surface area contributed by atoms with Gasteiger partial charge in [-0.05, 0) is 37.8 Å². The first-order valence-electron chi connectivity index (χ1n) is 10.8. The number of alkyl halides is 3. The average molecular weight is 477 g/mol. The molecule has 1 aliphatic heterocycles. The van der Waals surface area contributed by atoms with Gasteiger partial charge < -0.3 is 10.2 Å². The van der Waals surface area contributed by atoms with Crippen LogP contribution < -0.4 is 5.32 Å². The third-order valence-corrected chi connectivity index (χ3v) is 6.04. The van der Waals surface area contributed by atoms with Gasteiger partial charge in [0.15, 0.2) is 0 Å². The van der Waals surface area contributed by atoms with Crippen molar-refractivity contribution in [3.8, 4) is 5.69 Å². The lowest BCUT2D eigenvalue weighted by Crippen LogP contribution is -2.51. The molecule has 1 N–H and O–H groups in total. The van der Waals surface area contributed by atoms with Gasteiger partial charge in [-0.15, -0.1) is 0 Å². The smallest absolute Gasteiger partial charge is 0.352 e. The van der Waals surface area contributed by atoms with Gasteiger partial charge in [0.25, 0.3) is 5.91 Å². The number of hydrogen-bond acceptors (Lipinski definition) is 6. The summed E-state index contributed by atoms with van der Waals surface area (Å²) in [6.07, 6.45) is 1.46. The lowest BCUT2D eigenvalue weighted by molar-refractivity contribution is -0.138. The SMILES string of the molecule is Cc1c(F)ccc(C(=O)N2CCC[C@@H](C)C2CNc2ncc(C(F)(F)F)cn2)c1-n1nccn1. The van der Waals surface area contributed by atoms with Crippen LogP contribution in [0.3, 0.4) is 0 Å². The monoisotopic (exact) mass is 477 g/mol. The molecule has 1 amide bonds. The van der Waals surface area contributed by atoms with Gasteiger partial charge in [0.2, 0.25) is 5.95 Å². The van der Waals surface area contributed by atoms with Crippen LogP contribution in [0.1, 0.15) is 41.3 Å². The number of benzene rings is 1. The third kappa shape index (κ3) is 4.70. The minimum atomic E-state index is -4.52. The molecule has 2 aromatic heterocycles. The van der Waals surface area contributed by atoms with Crippen LogP contribution in [-0.4, -0.2) is 54.9 Å². The highest BCUT2D eigenvalue weighted by molar-refractivity contribution is 5.98. The molecular weight excluding hydrogens is 454 g/mol. The molecule has 0 radical (unpaired) electrons. The molecular formula is C22H23F4N7O. The number of aromatic nitrogens is 5. The number of likely N-dealkylation sites (tertiary alicyclic amines) is 1. The van der Waals surface area contributed by atoms with Crippen LogP contribution in [0.2, 0.25) is 0 Å². The molecule has 4 rings (SSSR count). The molecule has 2 atom stereocenters. The predicted octanol–water partition coefficient (Wildman–Crippen LogP) is 3.88. The van der Waals surface area contributed by atoms with Crippen molar-refractivity contribution in [3.05, 3.63) is 59.4 Å². The van der Waals surface area contributed by atoms with Crippen molar-refractivity contribution < 1.29 is 22.4 Å². The molecule has 0 spiro atoms. The quantitative estimate of drug-likeness (QED) is 0.562. The molecule has 8 nitrogen and oxygen atoms in total.